The van der Waals surface area contributed by atoms with Crippen molar-refractivity contribution in [3.63, 3.8) is 0 Å². The molecule has 2 aromatic heterocycles. The molecule has 1 fully saturated rings. The smallest absolute Gasteiger partial charge is 0.263 e. The van der Waals surface area contributed by atoms with Crippen LogP contribution in [0.25, 0.3) is 9.88 Å². The van der Waals surface area contributed by atoms with Crippen LogP contribution in [-0.2, 0) is 6.54 Å². The van der Waals surface area contributed by atoms with E-state index >= 15 is 0 Å². The summed E-state index contributed by atoms with van der Waals surface area (Å²) in [5, 5.41) is 6.04. The van der Waals surface area contributed by atoms with Crippen LogP contribution < -0.4 is 5.32 Å². The minimum absolute atomic E-state index is 0.000450. The number of rotatable bonds is 8. The molecule has 0 saturated carbocycles. The Kier molecular flexibility index (Phi) is 7.28. The Morgan fingerprint density at radius 1 is 1.07 bits per heavy atom. The van der Waals surface area contributed by atoms with E-state index in [2.05, 4.69) is 50.4 Å². The molecule has 158 valence electrons. The van der Waals surface area contributed by atoms with Gasteiger partial charge in [-0.15, -0.1) is 22.7 Å². The molecule has 0 atom stereocenters. The van der Waals surface area contributed by atoms with Gasteiger partial charge in [0.15, 0.2) is 0 Å². The van der Waals surface area contributed by atoms with Gasteiger partial charge in [-0.05, 0) is 36.9 Å². The van der Waals surface area contributed by atoms with Gasteiger partial charge in [-0.3, -0.25) is 9.69 Å². The van der Waals surface area contributed by atoms with Gasteiger partial charge in [0.1, 0.15) is 9.88 Å². The van der Waals surface area contributed by atoms with Gasteiger partial charge in [0.25, 0.3) is 5.91 Å². The largest absolute Gasteiger partial charge is 0.351 e. The summed E-state index contributed by atoms with van der Waals surface area (Å²) >= 11 is 3.14. The number of hydrogen-bond acceptors (Lipinski definition) is 6. The van der Waals surface area contributed by atoms with Gasteiger partial charge in [-0.25, -0.2) is 4.98 Å². The van der Waals surface area contributed by atoms with Crippen molar-refractivity contribution in [2.24, 2.45) is 0 Å². The lowest BCUT2D eigenvalue weighted by Gasteiger charge is -2.34. The molecular weight excluding hydrogens is 412 g/mol. The molecule has 30 heavy (non-hydrogen) atoms. The number of carbonyl (C=O) groups excluding carboxylic acids is 1. The highest BCUT2D eigenvalue weighted by atomic mass is 32.1. The molecule has 0 radical (unpaired) electrons. The predicted molar refractivity (Wildman–Crippen MR) is 125 cm³/mol. The van der Waals surface area contributed by atoms with Crippen molar-refractivity contribution in [3.05, 3.63) is 64.0 Å². The van der Waals surface area contributed by atoms with Crippen LogP contribution in [0.4, 0.5) is 0 Å². The van der Waals surface area contributed by atoms with E-state index in [-0.39, 0.29) is 5.91 Å². The molecule has 1 aliphatic heterocycles. The highest BCUT2D eigenvalue weighted by Crippen LogP contribution is 2.30. The molecule has 0 spiro atoms. The van der Waals surface area contributed by atoms with Crippen molar-refractivity contribution in [2.45, 2.75) is 19.9 Å². The van der Waals surface area contributed by atoms with E-state index in [0.29, 0.717) is 6.54 Å². The number of piperazine rings is 1. The molecule has 3 aromatic rings. The molecule has 4 rings (SSSR count). The quantitative estimate of drug-likeness (QED) is 0.536. The first-order chi connectivity index (χ1) is 14.7. The third kappa shape index (κ3) is 5.55. The monoisotopic (exact) mass is 440 g/mol. The number of nitrogens with one attached hydrogen (secondary N) is 1. The van der Waals surface area contributed by atoms with Crippen LogP contribution in [0.5, 0.6) is 0 Å². The lowest BCUT2D eigenvalue weighted by Crippen LogP contribution is -2.46. The van der Waals surface area contributed by atoms with Crippen molar-refractivity contribution in [3.8, 4) is 9.88 Å². The van der Waals surface area contributed by atoms with Gasteiger partial charge in [0.2, 0.25) is 0 Å². The zero-order chi connectivity index (χ0) is 20.8. The van der Waals surface area contributed by atoms with Gasteiger partial charge in [-0.1, -0.05) is 36.4 Å². The first-order valence-electron chi connectivity index (χ1n) is 10.5. The molecule has 1 aliphatic rings. The molecule has 0 aliphatic carbocycles. The van der Waals surface area contributed by atoms with Crippen LogP contribution in [0, 0.1) is 6.92 Å². The maximum absolute atomic E-state index is 12.6. The van der Waals surface area contributed by atoms with E-state index in [9.17, 15) is 4.79 Å². The minimum Gasteiger partial charge on any atom is -0.351 e. The number of aromatic nitrogens is 1. The number of thiophene rings is 1. The third-order valence-electron chi connectivity index (χ3n) is 5.39. The van der Waals surface area contributed by atoms with Crippen LogP contribution in [-0.4, -0.2) is 60.0 Å². The highest BCUT2D eigenvalue weighted by molar-refractivity contribution is 7.22. The second kappa shape index (κ2) is 10.3. The van der Waals surface area contributed by atoms with E-state index in [1.54, 1.807) is 11.3 Å². The number of nitrogens with zero attached hydrogens (tertiary/aromatic N) is 3. The molecule has 0 bridgehead atoms. The summed E-state index contributed by atoms with van der Waals surface area (Å²) in [7, 11) is 0. The van der Waals surface area contributed by atoms with E-state index in [4.69, 9.17) is 0 Å². The summed E-state index contributed by atoms with van der Waals surface area (Å²) in [6.07, 6.45) is 0.972. The average molecular weight is 441 g/mol. The van der Waals surface area contributed by atoms with Crippen LogP contribution in [0.1, 0.15) is 27.3 Å². The highest BCUT2D eigenvalue weighted by Gasteiger charge is 2.18. The second-order valence-electron chi connectivity index (χ2n) is 7.62. The summed E-state index contributed by atoms with van der Waals surface area (Å²) in [6, 6.07) is 14.7. The number of hydrogen-bond donors (Lipinski definition) is 1. The molecule has 5 nitrogen and oxygen atoms in total. The van der Waals surface area contributed by atoms with E-state index < -0.39 is 0 Å². The van der Waals surface area contributed by atoms with Gasteiger partial charge < -0.3 is 10.2 Å². The Morgan fingerprint density at radius 3 is 2.57 bits per heavy atom. The Bertz CT molecular complexity index is 932. The van der Waals surface area contributed by atoms with E-state index in [1.165, 1.54) is 16.9 Å². The Morgan fingerprint density at radius 2 is 1.83 bits per heavy atom. The minimum atomic E-state index is 0.000450. The molecule has 3 heterocycles. The number of amides is 1. The fraction of sp³-hybridized carbons (Fsp3) is 0.391. The zero-order valence-electron chi connectivity index (χ0n) is 17.3. The molecule has 1 amide bonds. The lowest BCUT2D eigenvalue weighted by molar-refractivity contribution is 0.0950. The zero-order valence-corrected chi connectivity index (χ0v) is 19.0. The van der Waals surface area contributed by atoms with Crippen LogP contribution in [0.3, 0.4) is 0 Å². The molecule has 1 N–H and O–H groups in total. The van der Waals surface area contributed by atoms with Crippen LogP contribution in [0.15, 0.2) is 47.8 Å². The molecule has 7 heteroatoms. The lowest BCUT2D eigenvalue weighted by atomic mass is 10.2. The standard InChI is InChI=1S/C23H28N4OS2/c1-18-21(30-23(25-18)20-9-5-16-29-20)22(28)24-10-6-11-26-12-14-27(15-13-26)17-19-7-3-2-4-8-19/h2-5,7-9,16H,6,10-15,17H2,1H3,(H,24,28). The van der Waals surface area contributed by atoms with Crippen molar-refractivity contribution in [2.75, 3.05) is 39.3 Å². The first kappa shape index (κ1) is 21.2. The number of thiazole rings is 1. The van der Waals surface area contributed by atoms with Crippen molar-refractivity contribution >= 4 is 28.6 Å². The maximum Gasteiger partial charge on any atom is 0.263 e. The van der Waals surface area contributed by atoms with Crippen molar-refractivity contribution in [1.82, 2.24) is 20.1 Å². The SMILES string of the molecule is Cc1nc(-c2cccs2)sc1C(=O)NCCCN1CCN(Cc2ccccc2)CC1. The van der Waals surface area contributed by atoms with Crippen molar-refractivity contribution < 1.29 is 4.79 Å². The number of aryl methyl sites for hydroxylation is 1. The molecular formula is C23H28N4OS2. The fourth-order valence-corrected chi connectivity index (χ4v) is 5.49. The summed E-state index contributed by atoms with van der Waals surface area (Å²) in [5.41, 5.74) is 2.20. The molecule has 1 aromatic carbocycles. The summed E-state index contributed by atoms with van der Waals surface area (Å²) < 4.78 is 0. The van der Waals surface area contributed by atoms with Gasteiger partial charge in [0.05, 0.1) is 10.6 Å². The van der Waals surface area contributed by atoms with Crippen LogP contribution in [0.2, 0.25) is 0 Å². The third-order valence-corrected chi connectivity index (χ3v) is 7.58. The summed E-state index contributed by atoms with van der Waals surface area (Å²) in [5.74, 6) is 0.000450. The molecule has 0 unspecified atom stereocenters. The Balaban J connectivity index is 1.16. The van der Waals surface area contributed by atoms with E-state index in [1.807, 2.05) is 24.4 Å². The van der Waals surface area contributed by atoms with Crippen LogP contribution >= 0.6 is 22.7 Å². The predicted octanol–water partition coefficient (Wildman–Crippen LogP) is 4.12. The fourth-order valence-electron chi connectivity index (χ4n) is 3.71. The Labute approximate surface area is 186 Å². The first-order valence-corrected chi connectivity index (χ1v) is 12.2. The summed E-state index contributed by atoms with van der Waals surface area (Å²) in [4.78, 5) is 24.0. The average Bonchev–Trinajstić information content (AvgIpc) is 3.43. The topological polar surface area (TPSA) is 48.5 Å². The van der Waals surface area contributed by atoms with Gasteiger partial charge in [-0.2, -0.15) is 0 Å². The van der Waals surface area contributed by atoms with E-state index in [0.717, 1.165) is 66.1 Å². The molecule has 1 saturated heterocycles. The summed E-state index contributed by atoms with van der Waals surface area (Å²) in [6.45, 7) is 9.08. The van der Waals surface area contributed by atoms with Gasteiger partial charge >= 0.3 is 0 Å². The number of benzene rings is 1. The van der Waals surface area contributed by atoms with Gasteiger partial charge in [0, 0.05) is 39.3 Å². The second-order valence-corrected chi connectivity index (χ2v) is 9.57. The maximum atomic E-state index is 12.6. The Hall–Kier alpha value is -2.06. The number of carbonyl (C=O) groups is 1. The van der Waals surface area contributed by atoms with Crippen molar-refractivity contribution in [1.29, 1.82) is 0 Å². The normalized spacial score (nSPS) is 15.4.